The predicted octanol–water partition coefficient (Wildman–Crippen LogP) is 0.961. The summed E-state index contributed by atoms with van der Waals surface area (Å²) < 4.78 is 32.5. The molecular weight excluding hydrogens is 428 g/mol. The molecule has 2 rings (SSSR count). The van der Waals surface area contributed by atoms with Gasteiger partial charge in [0.15, 0.2) is 12.2 Å². The number of carbonyl (C=O) groups excluding carboxylic acids is 5. The molecule has 1 aliphatic heterocycles. The first-order valence-electron chi connectivity index (χ1n) is 9.63. The van der Waals surface area contributed by atoms with E-state index < -0.39 is 54.6 Å². The first-order chi connectivity index (χ1) is 15.1. The Hall–Kier alpha value is -3.47. The van der Waals surface area contributed by atoms with Crippen molar-refractivity contribution in [2.45, 2.75) is 58.4 Å². The summed E-state index contributed by atoms with van der Waals surface area (Å²) in [6, 6.07) is 6.06. The average Bonchev–Trinajstić information content (AvgIpc) is 2.70. The van der Waals surface area contributed by atoms with Gasteiger partial charge in [0, 0.05) is 33.3 Å². The molecule has 0 N–H and O–H groups in total. The van der Waals surface area contributed by atoms with E-state index in [2.05, 4.69) is 0 Å². The van der Waals surface area contributed by atoms with E-state index in [-0.39, 0.29) is 12.4 Å². The van der Waals surface area contributed by atoms with Crippen molar-refractivity contribution in [2.75, 3.05) is 6.61 Å². The molecule has 1 aromatic rings. The third kappa shape index (κ3) is 7.05. The number of rotatable bonds is 8. The molecule has 174 valence electrons. The molecule has 0 radical (unpaired) electrons. The molecule has 5 atom stereocenters. The number of benzene rings is 1. The van der Waals surface area contributed by atoms with Crippen LogP contribution in [-0.2, 0) is 42.9 Å². The molecular formula is C21H24O11. The van der Waals surface area contributed by atoms with E-state index in [1.54, 1.807) is 12.1 Å². The van der Waals surface area contributed by atoms with Crippen molar-refractivity contribution in [1.29, 1.82) is 0 Å². The minimum absolute atomic E-state index is 0.190. The van der Waals surface area contributed by atoms with Gasteiger partial charge in [0.25, 0.3) is 0 Å². The predicted molar refractivity (Wildman–Crippen MR) is 104 cm³/mol. The SMILES string of the molecule is CC(=O)OC[C@H]1O[C@@H](Oc2cccc(C=O)c2)[C@H](OC(C)=O)[C@@H](OC(C)=O)[C@@H]1OC(C)=O. The molecule has 1 saturated heterocycles. The van der Waals surface area contributed by atoms with Crippen LogP contribution in [-0.4, -0.2) is 67.5 Å². The van der Waals surface area contributed by atoms with Gasteiger partial charge in [-0.05, 0) is 12.1 Å². The molecule has 0 aromatic heterocycles. The molecule has 0 unspecified atom stereocenters. The molecule has 1 heterocycles. The van der Waals surface area contributed by atoms with Crippen molar-refractivity contribution in [1.82, 2.24) is 0 Å². The fourth-order valence-corrected chi connectivity index (χ4v) is 3.08. The fourth-order valence-electron chi connectivity index (χ4n) is 3.08. The van der Waals surface area contributed by atoms with Crippen LogP contribution in [0.4, 0.5) is 0 Å². The zero-order valence-corrected chi connectivity index (χ0v) is 18.0. The quantitative estimate of drug-likeness (QED) is 0.316. The summed E-state index contributed by atoms with van der Waals surface area (Å²) in [7, 11) is 0. The minimum Gasteiger partial charge on any atom is -0.463 e. The van der Waals surface area contributed by atoms with Gasteiger partial charge in [-0.15, -0.1) is 0 Å². The van der Waals surface area contributed by atoms with Crippen molar-refractivity contribution in [2.24, 2.45) is 0 Å². The number of hydrogen-bond acceptors (Lipinski definition) is 11. The average molecular weight is 452 g/mol. The maximum absolute atomic E-state index is 11.8. The second kappa shape index (κ2) is 11.2. The molecule has 11 heteroatoms. The number of ether oxygens (including phenoxy) is 6. The summed E-state index contributed by atoms with van der Waals surface area (Å²) >= 11 is 0. The topological polar surface area (TPSA) is 141 Å². The summed E-state index contributed by atoms with van der Waals surface area (Å²) in [6.45, 7) is 4.18. The highest BCUT2D eigenvalue weighted by Gasteiger charge is 2.53. The Bertz CT molecular complexity index is 865. The minimum atomic E-state index is -1.36. The molecule has 1 aromatic carbocycles. The van der Waals surface area contributed by atoms with Gasteiger partial charge in [-0.3, -0.25) is 24.0 Å². The van der Waals surface area contributed by atoms with Crippen LogP contribution < -0.4 is 4.74 Å². The number of aldehydes is 1. The van der Waals surface area contributed by atoms with E-state index in [0.717, 1.165) is 20.8 Å². The van der Waals surface area contributed by atoms with Gasteiger partial charge in [0.1, 0.15) is 24.7 Å². The third-order valence-electron chi connectivity index (χ3n) is 4.19. The van der Waals surface area contributed by atoms with Crippen molar-refractivity contribution < 1.29 is 52.4 Å². The lowest BCUT2D eigenvalue weighted by atomic mass is 9.98. The first-order valence-corrected chi connectivity index (χ1v) is 9.63. The Morgan fingerprint density at radius 3 is 2.03 bits per heavy atom. The van der Waals surface area contributed by atoms with Crippen LogP contribution in [0.2, 0.25) is 0 Å². The summed E-state index contributed by atoms with van der Waals surface area (Å²) in [5.41, 5.74) is 0.313. The van der Waals surface area contributed by atoms with E-state index in [4.69, 9.17) is 28.4 Å². The molecule has 32 heavy (non-hydrogen) atoms. The first kappa shape index (κ1) is 24.8. The van der Waals surface area contributed by atoms with E-state index in [0.29, 0.717) is 11.8 Å². The lowest BCUT2D eigenvalue weighted by molar-refractivity contribution is -0.288. The Kier molecular flexibility index (Phi) is 8.71. The van der Waals surface area contributed by atoms with Gasteiger partial charge in [-0.25, -0.2) is 0 Å². The molecule has 11 nitrogen and oxygen atoms in total. The normalized spacial score (nSPS) is 24.6. The number of esters is 4. The van der Waals surface area contributed by atoms with Crippen LogP contribution in [0, 0.1) is 0 Å². The van der Waals surface area contributed by atoms with Crippen LogP contribution in [0.25, 0.3) is 0 Å². The van der Waals surface area contributed by atoms with Crippen molar-refractivity contribution >= 4 is 30.2 Å². The van der Waals surface area contributed by atoms with Gasteiger partial charge in [-0.1, -0.05) is 12.1 Å². The van der Waals surface area contributed by atoms with Gasteiger partial charge >= 0.3 is 23.9 Å². The van der Waals surface area contributed by atoms with Crippen molar-refractivity contribution in [3.8, 4) is 5.75 Å². The summed E-state index contributed by atoms with van der Waals surface area (Å²) in [5.74, 6) is -2.67. The standard InChI is InChI=1S/C21H24O11/c1-11(23)27-10-17-18(28-12(2)24)19(29-13(3)25)20(30-14(4)26)21(32-17)31-16-7-5-6-15(8-16)9-22/h5-9,17-21H,10H2,1-4H3/t17-,18-,19+,20-,21-/m1/s1. The summed E-state index contributed by atoms with van der Waals surface area (Å²) in [5, 5.41) is 0. The molecule has 1 fully saturated rings. The number of hydrogen-bond donors (Lipinski definition) is 0. The highest BCUT2D eigenvalue weighted by molar-refractivity contribution is 5.75. The van der Waals surface area contributed by atoms with E-state index in [1.165, 1.54) is 19.1 Å². The lowest BCUT2D eigenvalue weighted by Crippen LogP contribution is -2.63. The highest BCUT2D eigenvalue weighted by atomic mass is 16.7. The summed E-state index contributed by atoms with van der Waals surface area (Å²) in [6.07, 6.45) is -5.85. The Morgan fingerprint density at radius 1 is 0.875 bits per heavy atom. The van der Waals surface area contributed by atoms with Gasteiger partial charge in [-0.2, -0.15) is 0 Å². The van der Waals surface area contributed by atoms with Crippen molar-refractivity contribution in [3.63, 3.8) is 0 Å². The van der Waals surface area contributed by atoms with Crippen LogP contribution in [0.15, 0.2) is 24.3 Å². The van der Waals surface area contributed by atoms with Gasteiger partial charge in [0.05, 0.1) is 0 Å². The zero-order chi connectivity index (χ0) is 23.8. The van der Waals surface area contributed by atoms with Crippen LogP contribution >= 0.6 is 0 Å². The Morgan fingerprint density at radius 2 is 1.47 bits per heavy atom. The highest BCUT2D eigenvalue weighted by Crippen LogP contribution is 2.31. The Labute approximate surface area is 183 Å². The second-order valence-corrected chi connectivity index (χ2v) is 6.88. The second-order valence-electron chi connectivity index (χ2n) is 6.88. The molecule has 0 amide bonds. The van der Waals surface area contributed by atoms with E-state index >= 15 is 0 Å². The van der Waals surface area contributed by atoms with E-state index in [1.807, 2.05) is 0 Å². The third-order valence-corrected chi connectivity index (χ3v) is 4.19. The number of carbonyl (C=O) groups is 5. The lowest BCUT2D eigenvalue weighted by Gasteiger charge is -2.43. The van der Waals surface area contributed by atoms with Crippen LogP contribution in [0.5, 0.6) is 5.75 Å². The fraction of sp³-hybridized carbons (Fsp3) is 0.476. The Balaban J connectivity index is 2.46. The van der Waals surface area contributed by atoms with E-state index in [9.17, 15) is 24.0 Å². The maximum atomic E-state index is 11.8. The maximum Gasteiger partial charge on any atom is 0.303 e. The van der Waals surface area contributed by atoms with Gasteiger partial charge in [0.2, 0.25) is 12.4 Å². The zero-order valence-electron chi connectivity index (χ0n) is 18.0. The van der Waals surface area contributed by atoms with Crippen LogP contribution in [0.1, 0.15) is 38.1 Å². The molecule has 0 saturated carbocycles. The monoisotopic (exact) mass is 452 g/mol. The summed E-state index contributed by atoms with van der Waals surface area (Å²) in [4.78, 5) is 57.7. The van der Waals surface area contributed by atoms with Crippen molar-refractivity contribution in [3.05, 3.63) is 29.8 Å². The van der Waals surface area contributed by atoms with Gasteiger partial charge < -0.3 is 28.4 Å². The molecule has 0 bridgehead atoms. The largest absolute Gasteiger partial charge is 0.463 e. The molecule has 0 spiro atoms. The molecule has 1 aliphatic rings. The smallest absolute Gasteiger partial charge is 0.303 e. The molecule has 0 aliphatic carbocycles. The van der Waals surface area contributed by atoms with Crippen LogP contribution in [0.3, 0.4) is 0 Å².